The monoisotopic (exact) mass is 325 g/mol. The molecule has 0 radical (unpaired) electrons. The van der Waals surface area contributed by atoms with Crippen molar-refractivity contribution < 1.29 is 15.0 Å². The molecule has 0 saturated carbocycles. The second-order valence-corrected chi connectivity index (χ2v) is 6.77. The second-order valence-electron chi connectivity index (χ2n) is 6.77. The first-order valence-electron chi connectivity index (χ1n) is 8.21. The number of anilines is 1. The largest absolute Gasteiger partial charge is 0.393 e. The second kappa shape index (κ2) is 6.04. The molecule has 0 saturated heterocycles. The normalized spacial score (nSPS) is 21.0. The third kappa shape index (κ3) is 2.72. The number of carbonyl (C=O) groups excluding carboxylic acids is 1. The number of aryl methyl sites for hydroxylation is 2. The van der Waals surface area contributed by atoms with Crippen molar-refractivity contribution in [2.45, 2.75) is 45.4 Å². The Hall–Kier alpha value is -2.17. The SMILES string of the molecule is Cc1cc(C)c2c(c1)[C@@](O)(C[C@@H](C)O)C(=O)N2Cc1ccccc1. The van der Waals surface area contributed by atoms with Crippen molar-refractivity contribution in [2.24, 2.45) is 0 Å². The predicted molar refractivity (Wildman–Crippen MR) is 93.7 cm³/mol. The number of aliphatic hydroxyl groups excluding tert-OH is 1. The lowest BCUT2D eigenvalue weighted by atomic mass is 9.88. The lowest BCUT2D eigenvalue weighted by molar-refractivity contribution is -0.139. The molecule has 0 aliphatic carbocycles. The first-order valence-corrected chi connectivity index (χ1v) is 8.21. The minimum Gasteiger partial charge on any atom is -0.393 e. The summed E-state index contributed by atoms with van der Waals surface area (Å²) in [5, 5.41) is 20.9. The van der Waals surface area contributed by atoms with Crippen molar-refractivity contribution in [1.82, 2.24) is 0 Å². The number of hydrogen-bond acceptors (Lipinski definition) is 3. The van der Waals surface area contributed by atoms with Crippen LogP contribution in [0, 0.1) is 13.8 Å². The van der Waals surface area contributed by atoms with Crippen LogP contribution >= 0.6 is 0 Å². The lowest BCUT2D eigenvalue weighted by Crippen LogP contribution is -2.42. The van der Waals surface area contributed by atoms with E-state index in [4.69, 9.17) is 0 Å². The van der Waals surface area contributed by atoms with Crippen molar-refractivity contribution in [3.63, 3.8) is 0 Å². The standard InChI is InChI=1S/C20H23NO3/c1-13-9-14(2)18-17(10-13)20(24,11-15(3)22)19(23)21(18)12-16-7-5-4-6-8-16/h4-10,15,22,24H,11-12H2,1-3H3/t15-,20+/m1/s1. The van der Waals surface area contributed by atoms with Crippen LogP contribution in [0.4, 0.5) is 5.69 Å². The van der Waals surface area contributed by atoms with Crippen molar-refractivity contribution in [1.29, 1.82) is 0 Å². The van der Waals surface area contributed by atoms with E-state index < -0.39 is 11.7 Å². The van der Waals surface area contributed by atoms with Crippen molar-refractivity contribution in [2.75, 3.05) is 4.90 Å². The average molecular weight is 325 g/mol. The molecule has 0 unspecified atom stereocenters. The Labute approximate surface area is 142 Å². The third-order valence-electron chi connectivity index (χ3n) is 4.53. The van der Waals surface area contributed by atoms with Gasteiger partial charge in [-0.25, -0.2) is 0 Å². The van der Waals surface area contributed by atoms with E-state index in [1.807, 2.05) is 56.3 Å². The summed E-state index contributed by atoms with van der Waals surface area (Å²) in [6.07, 6.45) is -0.781. The number of nitrogens with zero attached hydrogens (tertiary/aromatic N) is 1. The Morgan fingerprint density at radius 1 is 1.17 bits per heavy atom. The Balaban J connectivity index is 2.11. The van der Waals surface area contributed by atoms with E-state index in [0.29, 0.717) is 12.1 Å². The maximum atomic E-state index is 13.1. The molecule has 4 heteroatoms. The highest BCUT2D eigenvalue weighted by atomic mass is 16.3. The molecule has 2 aromatic carbocycles. The maximum Gasteiger partial charge on any atom is 0.264 e. The molecule has 1 amide bonds. The molecule has 0 fully saturated rings. The molecule has 24 heavy (non-hydrogen) atoms. The van der Waals surface area contributed by atoms with Crippen LogP contribution in [0.15, 0.2) is 42.5 Å². The van der Waals surface area contributed by atoms with Gasteiger partial charge in [0.15, 0.2) is 5.60 Å². The van der Waals surface area contributed by atoms with Crippen LogP contribution in [0.3, 0.4) is 0 Å². The van der Waals surface area contributed by atoms with Gasteiger partial charge >= 0.3 is 0 Å². The van der Waals surface area contributed by atoms with E-state index >= 15 is 0 Å². The fraction of sp³-hybridized carbons (Fsp3) is 0.350. The minimum absolute atomic E-state index is 0.00693. The zero-order valence-electron chi connectivity index (χ0n) is 14.3. The van der Waals surface area contributed by atoms with Crippen LogP contribution in [0.5, 0.6) is 0 Å². The molecule has 0 aromatic heterocycles. The van der Waals surface area contributed by atoms with Crippen molar-refractivity contribution >= 4 is 11.6 Å². The molecule has 2 atom stereocenters. The van der Waals surface area contributed by atoms with Crippen LogP contribution in [-0.4, -0.2) is 22.2 Å². The summed E-state index contributed by atoms with van der Waals surface area (Å²) in [6.45, 7) is 5.89. The molecule has 126 valence electrons. The summed E-state index contributed by atoms with van der Waals surface area (Å²) in [7, 11) is 0. The Kier molecular flexibility index (Phi) is 4.20. The molecular weight excluding hydrogens is 302 g/mol. The van der Waals surface area contributed by atoms with Gasteiger partial charge in [0.1, 0.15) is 0 Å². The predicted octanol–water partition coefficient (Wildman–Crippen LogP) is 2.81. The van der Waals surface area contributed by atoms with Gasteiger partial charge in [-0.2, -0.15) is 0 Å². The van der Waals surface area contributed by atoms with Crippen LogP contribution in [0.1, 0.15) is 35.6 Å². The number of benzene rings is 2. The third-order valence-corrected chi connectivity index (χ3v) is 4.53. The summed E-state index contributed by atoms with van der Waals surface area (Å²) in [6, 6.07) is 13.6. The summed E-state index contributed by atoms with van der Waals surface area (Å²) in [4.78, 5) is 14.7. The zero-order valence-corrected chi connectivity index (χ0v) is 14.3. The Morgan fingerprint density at radius 2 is 1.83 bits per heavy atom. The van der Waals surface area contributed by atoms with E-state index in [1.54, 1.807) is 11.8 Å². The number of hydrogen-bond donors (Lipinski definition) is 2. The topological polar surface area (TPSA) is 60.8 Å². The van der Waals surface area contributed by atoms with E-state index in [0.717, 1.165) is 22.4 Å². The van der Waals surface area contributed by atoms with Crippen LogP contribution in [0.2, 0.25) is 0 Å². The average Bonchev–Trinajstić information content (AvgIpc) is 2.70. The number of aliphatic hydroxyl groups is 2. The van der Waals surface area contributed by atoms with E-state index in [2.05, 4.69) is 0 Å². The van der Waals surface area contributed by atoms with Crippen LogP contribution in [0.25, 0.3) is 0 Å². The lowest BCUT2D eigenvalue weighted by Gasteiger charge is -2.24. The quantitative estimate of drug-likeness (QED) is 0.909. The van der Waals surface area contributed by atoms with Crippen molar-refractivity contribution in [3.05, 3.63) is 64.7 Å². The van der Waals surface area contributed by atoms with Gasteiger partial charge in [0.05, 0.1) is 18.3 Å². The van der Waals surface area contributed by atoms with Crippen LogP contribution < -0.4 is 4.90 Å². The zero-order chi connectivity index (χ0) is 17.5. The molecule has 4 nitrogen and oxygen atoms in total. The fourth-order valence-electron chi connectivity index (χ4n) is 3.62. The van der Waals surface area contributed by atoms with Gasteiger partial charge in [-0.1, -0.05) is 48.0 Å². The molecule has 2 N–H and O–H groups in total. The van der Waals surface area contributed by atoms with Crippen molar-refractivity contribution in [3.8, 4) is 0 Å². The minimum atomic E-state index is -1.67. The summed E-state index contributed by atoms with van der Waals surface area (Å²) in [5.74, 6) is -0.365. The van der Waals surface area contributed by atoms with Gasteiger partial charge in [-0.15, -0.1) is 0 Å². The van der Waals surface area contributed by atoms with Gasteiger partial charge < -0.3 is 15.1 Å². The highest BCUT2D eigenvalue weighted by Gasteiger charge is 2.50. The Bertz CT molecular complexity index is 770. The Morgan fingerprint density at radius 3 is 2.46 bits per heavy atom. The van der Waals surface area contributed by atoms with E-state index in [1.165, 1.54) is 0 Å². The first kappa shape index (κ1) is 16.7. The molecule has 1 heterocycles. The van der Waals surface area contributed by atoms with E-state index in [9.17, 15) is 15.0 Å². The van der Waals surface area contributed by atoms with Gasteiger partial charge in [-0.3, -0.25) is 4.79 Å². The molecule has 2 aromatic rings. The molecule has 3 rings (SSSR count). The summed E-state index contributed by atoms with van der Waals surface area (Å²) >= 11 is 0. The fourth-order valence-corrected chi connectivity index (χ4v) is 3.62. The van der Waals surface area contributed by atoms with Gasteiger partial charge in [0.2, 0.25) is 0 Å². The molecule has 0 bridgehead atoms. The van der Waals surface area contributed by atoms with Gasteiger partial charge in [0, 0.05) is 12.0 Å². The molecule has 1 aliphatic rings. The molecular formula is C20H23NO3. The van der Waals surface area contributed by atoms with Gasteiger partial charge in [0.25, 0.3) is 5.91 Å². The smallest absolute Gasteiger partial charge is 0.264 e. The molecule has 1 aliphatic heterocycles. The number of rotatable bonds is 4. The highest BCUT2D eigenvalue weighted by Crippen LogP contribution is 2.45. The number of carbonyl (C=O) groups is 1. The summed E-state index contributed by atoms with van der Waals surface area (Å²) < 4.78 is 0. The maximum absolute atomic E-state index is 13.1. The molecule has 0 spiro atoms. The first-order chi connectivity index (χ1) is 11.3. The number of fused-ring (bicyclic) bond motifs is 1. The summed E-state index contributed by atoms with van der Waals surface area (Å²) in [5.41, 5.74) is 2.63. The van der Waals surface area contributed by atoms with E-state index in [-0.39, 0.29) is 12.3 Å². The van der Waals surface area contributed by atoms with Crippen LogP contribution in [-0.2, 0) is 16.9 Å². The van der Waals surface area contributed by atoms with Gasteiger partial charge in [-0.05, 0) is 31.9 Å². The highest BCUT2D eigenvalue weighted by molar-refractivity contribution is 6.07. The number of amides is 1.